The molecule has 10 rings (SSSR count). The van der Waals surface area contributed by atoms with Gasteiger partial charge >= 0.3 is 6.09 Å². The molecule has 0 N–H and O–H groups in total. The van der Waals surface area contributed by atoms with Crippen molar-refractivity contribution < 1.29 is 9.53 Å². The van der Waals surface area contributed by atoms with Gasteiger partial charge in [-0.05, 0) is 140 Å². The van der Waals surface area contributed by atoms with Crippen LogP contribution < -0.4 is 0 Å². The molecule has 0 radical (unpaired) electrons. The second-order valence-corrected chi connectivity index (χ2v) is 19.7. The van der Waals surface area contributed by atoms with Gasteiger partial charge in [0.1, 0.15) is 28.8 Å². The summed E-state index contributed by atoms with van der Waals surface area (Å²) in [4.78, 5) is 31.2. The Labute approximate surface area is 398 Å². The summed E-state index contributed by atoms with van der Waals surface area (Å²) < 4.78 is 8.93. The molecule has 2 aromatic carbocycles. The first kappa shape index (κ1) is 47.5. The first-order valence-electron chi connectivity index (χ1n) is 23.2. The Morgan fingerprint density at radius 1 is 0.687 bits per heavy atom. The lowest BCUT2D eigenvalue weighted by molar-refractivity contribution is 0.0129. The van der Waals surface area contributed by atoms with Crippen LogP contribution in [-0.4, -0.2) is 142 Å². The van der Waals surface area contributed by atoms with Gasteiger partial charge in [0.25, 0.3) is 0 Å². The number of carbonyl (C=O) groups is 1. The van der Waals surface area contributed by atoms with Crippen LogP contribution in [0, 0.1) is 36.5 Å². The van der Waals surface area contributed by atoms with Crippen molar-refractivity contribution in [3.8, 4) is 34.7 Å². The number of carbonyl (C=O) groups excluding carboxylic acids is 1. The van der Waals surface area contributed by atoms with E-state index in [0.29, 0.717) is 28.5 Å². The van der Waals surface area contributed by atoms with Gasteiger partial charge in [0.2, 0.25) is 0 Å². The van der Waals surface area contributed by atoms with Crippen LogP contribution in [0.2, 0.25) is 0 Å². The van der Waals surface area contributed by atoms with Crippen molar-refractivity contribution in [2.75, 3.05) is 46.3 Å². The quantitative estimate of drug-likeness (QED) is 0.141. The number of nitrogens with zero attached hydrogens (tertiary/aromatic N) is 14. The number of hydrogen-bond acceptors (Lipinski definition) is 13. The summed E-state index contributed by atoms with van der Waals surface area (Å²) in [5.41, 5.74) is 11.6. The molecule has 4 aliphatic rings. The van der Waals surface area contributed by atoms with Crippen LogP contribution in [0.15, 0.2) is 48.5 Å². The number of hydrogen-bond donors (Lipinski definition) is 0. The fraction of sp³-hybridized carbons (Fsp3) is 0.500. The van der Waals surface area contributed by atoms with Crippen molar-refractivity contribution in [1.82, 2.24) is 59.6 Å². The topological polar surface area (TPSA) is 174 Å². The van der Waals surface area contributed by atoms with Gasteiger partial charge in [-0.25, -0.2) is 24.1 Å². The van der Waals surface area contributed by atoms with Crippen LogP contribution >= 0.6 is 12.4 Å². The van der Waals surface area contributed by atoms with Crippen LogP contribution in [0.3, 0.4) is 0 Å². The van der Waals surface area contributed by atoms with Crippen molar-refractivity contribution >= 4 is 40.6 Å². The molecule has 67 heavy (non-hydrogen) atoms. The third kappa shape index (κ3) is 9.86. The maximum atomic E-state index is 12.5. The summed E-state index contributed by atoms with van der Waals surface area (Å²) in [5.74, 6) is 0. The van der Waals surface area contributed by atoms with E-state index < -0.39 is 5.60 Å². The number of halogens is 1. The molecule has 350 valence electrons. The van der Waals surface area contributed by atoms with Crippen LogP contribution in [-0.2, 0) is 31.7 Å². The maximum absolute atomic E-state index is 12.5. The van der Waals surface area contributed by atoms with E-state index in [0.717, 1.165) is 90.9 Å². The van der Waals surface area contributed by atoms with E-state index in [1.807, 2.05) is 51.9 Å². The van der Waals surface area contributed by atoms with Crippen molar-refractivity contribution in [3.05, 3.63) is 82.2 Å². The zero-order valence-corrected chi connectivity index (χ0v) is 40.7. The summed E-state index contributed by atoms with van der Waals surface area (Å²) in [6.07, 6.45) is 6.56. The van der Waals surface area contributed by atoms with Crippen molar-refractivity contribution in [1.29, 1.82) is 10.5 Å². The molecule has 16 nitrogen and oxygen atoms in total. The summed E-state index contributed by atoms with van der Waals surface area (Å²) in [6, 6.07) is 23.3. The van der Waals surface area contributed by atoms with Crippen LogP contribution in [0.1, 0.15) is 80.1 Å². The molecular formula is C50H61ClN14O2. The first-order valence-corrected chi connectivity index (χ1v) is 23.2. The summed E-state index contributed by atoms with van der Waals surface area (Å²) in [7, 11) is 5.90. The Bertz CT molecular complexity index is 2890. The molecule has 4 saturated heterocycles. The van der Waals surface area contributed by atoms with E-state index in [4.69, 9.17) is 4.74 Å². The highest BCUT2D eigenvalue weighted by Gasteiger charge is 2.46. The Kier molecular flexibility index (Phi) is 13.7. The second-order valence-electron chi connectivity index (χ2n) is 19.7. The molecule has 17 heteroatoms. The van der Waals surface area contributed by atoms with Gasteiger partial charge in [0.05, 0.1) is 22.4 Å². The fourth-order valence-electron chi connectivity index (χ4n) is 10.5. The highest BCUT2D eigenvalue weighted by molar-refractivity contribution is 5.86. The predicted octanol–water partition coefficient (Wildman–Crippen LogP) is 6.79. The van der Waals surface area contributed by atoms with E-state index in [-0.39, 0.29) is 24.5 Å². The average Bonchev–Trinajstić information content (AvgIpc) is 4.17. The molecule has 0 saturated carbocycles. The Hall–Kier alpha value is -6.04. The smallest absolute Gasteiger partial charge is 0.410 e. The minimum absolute atomic E-state index is 0. The third-order valence-electron chi connectivity index (χ3n) is 14.1. The van der Waals surface area contributed by atoms with Gasteiger partial charge in [-0.3, -0.25) is 9.80 Å². The zero-order chi connectivity index (χ0) is 46.4. The van der Waals surface area contributed by atoms with Gasteiger partial charge < -0.3 is 14.5 Å². The summed E-state index contributed by atoms with van der Waals surface area (Å²) >= 11 is 0. The standard InChI is InChI=1S/C27H33N7O2.C23H27N7.ClH/c1-17-11-19(22-13-24-25(23(14-28)29-22)30-31-32(24)5)9-8-18(17)7-6-10-33-15-21-12-20(33)16-34(21)26(35)36-27(2,3)4;1-15-9-17(20-11-22-23(21(12-24)25-20)26-27-29(22)3)7-6-16(15)5-4-8-30-14-18-10-19(30)13-28(18)2;/h8-9,11,13,20-21H,6-7,10,12,15-16H2,1-5H3;6-7,9,11,18-19H,4-5,8,10,13-14H2,1-3H3;1H. The molecular weight excluding hydrogens is 864 g/mol. The Balaban J connectivity index is 0.000000182. The lowest BCUT2D eigenvalue weighted by Gasteiger charge is -2.35. The number of aromatic nitrogens is 8. The molecule has 6 aromatic rings. The largest absolute Gasteiger partial charge is 0.444 e. The SMILES string of the molecule is Cc1cc(-c2cc3c(nnn3C)c(C#N)n2)ccc1CCCN1CC2CC1CN2C.Cc1cc(-c2cc3c(nnn3C)c(C#N)n2)ccc1CCCN1CC2CC1CN2C(=O)OC(C)(C)C.Cl. The van der Waals surface area contributed by atoms with Crippen LogP contribution in [0.4, 0.5) is 4.79 Å². The number of amides is 1. The Morgan fingerprint density at radius 3 is 1.57 bits per heavy atom. The highest BCUT2D eigenvalue weighted by Crippen LogP contribution is 2.33. The van der Waals surface area contributed by atoms with Gasteiger partial charge in [0, 0.05) is 75.6 Å². The molecule has 4 aromatic heterocycles. The molecule has 1 amide bonds. The zero-order valence-electron chi connectivity index (χ0n) is 39.9. The van der Waals surface area contributed by atoms with E-state index in [9.17, 15) is 15.3 Å². The molecule has 4 unspecified atom stereocenters. The monoisotopic (exact) mass is 924 g/mol. The van der Waals surface area contributed by atoms with E-state index >= 15 is 0 Å². The number of likely N-dealkylation sites (tertiary alicyclic amines) is 4. The molecule has 4 bridgehead atoms. The normalized spacial score (nSPS) is 20.2. The third-order valence-corrected chi connectivity index (χ3v) is 14.1. The Morgan fingerprint density at radius 2 is 1.16 bits per heavy atom. The van der Waals surface area contributed by atoms with Crippen molar-refractivity contribution in [2.45, 2.75) is 103 Å². The first-order chi connectivity index (χ1) is 31.7. The minimum Gasteiger partial charge on any atom is -0.444 e. The lowest BCUT2D eigenvalue weighted by atomic mass is 9.99. The number of nitriles is 2. The number of benzene rings is 2. The maximum Gasteiger partial charge on any atom is 0.410 e. The van der Waals surface area contributed by atoms with Crippen molar-refractivity contribution in [2.24, 2.45) is 14.1 Å². The van der Waals surface area contributed by atoms with Crippen molar-refractivity contribution in [3.63, 3.8) is 0 Å². The molecule has 4 atom stereocenters. The van der Waals surface area contributed by atoms with Crippen LogP contribution in [0.5, 0.6) is 0 Å². The van der Waals surface area contributed by atoms with E-state index in [1.54, 1.807) is 9.36 Å². The number of piperazine rings is 2. The lowest BCUT2D eigenvalue weighted by Crippen LogP contribution is -2.50. The highest BCUT2D eigenvalue weighted by atomic mass is 35.5. The number of pyridine rings is 2. The summed E-state index contributed by atoms with van der Waals surface area (Å²) in [5, 5.41) is 35.1. The predicted molar refractivity (Wildman–Crippen MR) is 259 cm³/mol. The van der Waals surface area contributed by atoms with E-state index in [1.165, 1.54) is 54.7 Å². The van der Waals surface area contributed by atoms with Crippen LogP contribution in [0.25, 0.3) is 44.6 Å². The molecule has 0 aliphatic carbocycles. The molecule has 4 fully saturated rings. The summed E-state index contributed by atoms with van der Waals surface area (Å²) in [6.45, 7) is 16.4. The number of likely N-dealkylation sites (N-methyl/N-ethyl adjacent to an activating group) is 1. The van der Waals surface area contributed by atoms with Gasteiger partial charge in [-0.15, -0.1) is 22.6 Å². The molecule has 0 spiro atoms. The minimum atomic E-state index is -0.456. The molecule has 8 heterocycles. The van der Waals surface area contributed by atoms with Gasteiger partial charge in [0.15, 0.2) is 11.4 Å². The average molecular weight is 926 g/mol. The number of fused-ring (bicyclic) bond motifs is 6. The second kappa shape index (κ2) is 19.3. The number of aryl methyl sites for hydroxylation is 6. The van der Waals surface area contributed by atoms with Gasteiger partial charge in [-0.2, -0.15) is 10.5 Å². The number of ether oxygens (including phenoxy) is 1. The van der Waals surface area contributed by atoms with E-state index in [2.05, 4.69) is 115 Å². The fourth-order valence-corrected chi connectivity index (χ4v) is 10.5. The molecule has 4 aliphatic heterocycles. The number of rotatable bonds is 10. The van der Waals surface area contributed by atoms with Gasteiger partial charge in [-0.1, -0.05) is 34.7 Å².